The standard InChI is InChI=1S/C5H12BNO/c1-2-3-4-5-7-6-8/h2,6-8H,1,3-5H2. The highest BCUT2D eigenvalue weighted by atomic mass is 16.2. The molecule has 0 bridgehead atoms. The molecule has 0 unspecified atom stereocenters. The average molecular weight is 113 g/mol. The van der Waals surface area contributed by atoms with E-state index in [0.29, 0.717) is 0 Å². The second-order valence-electron chi connectivity index (χ2n) is 1.59. The van der Waals surface area contributed by atoms with E-state index < -0.39 is 0 Å². The molecule has 0 saturated carbocycles. The van der Waals surface area contributed by atoms with Crippen molar-refractivity contribution in [3.05, 3.63) is 12.7 Å². The Hall–Kier alpha value is -0.275. The Morgan fingerprint density at radius 1 is 1.75 bits per heavy atom. The Balaban J connectivity index is 2.62. The van der Waals surface area contributed by atoms with Gasteiger partial charge in [-0.1, -0.05) is 6.08 Å². The first kappa shape index (κ1) is 7.72. The third-order valence-electron chi connectivity index (χ3n) is 0.874. The lowest BCUT2D eigenvalue weighted by molar-refractivity contribution is 0.577. The lowest BCUT2D eigenvalue weighted by atomic mass is 10.2. The Morgan fingerprint density at radius 3 is 3.00 bits per heavy atom. The predicted molar refractivity (Wildman–Crippen MR) is 36.8 cm³/mol. The summed E-state index contributed by atoms with van der Waals surface area (Å²) in [7, 11) is 0.0805. The number of nitrogens with one attached hydrogen (secondary N) is 1. The van der Waals surface area contributed by atoms with E-state index in [1.165, 1.54) is 0 Å². The van der Waals surface area contributed by atoms with Gasteiger partial charge in [0.25, 0.3) is 0 Å². The number of rotatable bonds is 5. The minimum Gasteiger partial charge on any atom is -0.440 e. The molecule has 0 aromatic carbocycles. The van der Waals surface area contributed by atoms with Crippen molar-refractivity contribution in [1.82, 2.24) is 5.23 Å². The summed E-state index contributed by atoms with van der Waals surface area (Å²) >= 11 is 0. The summed E-state index contributed by atoms with van der Waals surface area (Å²) in [6.45, 7) is 4.45. The first-order valence-corrected chi connectivity index (χ1v) is 2.84. The SMILES string of the molecule is C=CCCCNBO. The van der Waals surface area contributed by atoms with E-state index in [1.807, 2.05) is 6.08 Å². The second kappa shape index (κ2) is 6.72. The third-order valence-corrected chi connectivity index (χ3v) is 0.874. The molecule has 2 nitrogen and oxygen atoms in total. The van der Waals surface area contributed by atoms with Crippen LogP contribution in [0.1, 0.15) is 12.8 Å². The molecule has 0 radical (unpaired) electrons. The normalized spacial score (nSPS) is 8.62. The summed E-state index contributed by atoms with van der Waals surface area (Å²) in [5, 5.41) is 11.0. The number of hydrogen-bond acceptors (Lipinski definition) is 2. The number of hydrogen-bond donors (Lipinski definition) is 2. The van der Waals surface area contributed by atoms with E-state index in [-0.39, 0.29) is 7.62 Å². The smallest absolute Gasteiger partial charge is 0.358 e. The van der Waals surface area contributed by atoms with Crippen LogP contribution in [-0.2, 0) is 0 Å². The van der Waals surface area contributed by atoms with E-state index in [0.717, 1.165) is 19.4 Å². The molecule has 2 N–H and O–H groups in total. The van der Waals surface area contributed by atoms with Crippen LogP contribution in [0.2, 0.25) is 0 Å². The zero-order valence-electron chi connectivity index (χ0n) is 5.06. The molecule has 0 atom stereocenters. The quantitative estimate of drug-likeness (QED) is 0.294. The van der Waals surface area contributed by atoms with Gasteiger partial charge < -0.3 is 10.3 Å². The summed E-state index contributed by atoms with van der Waals surface area (Å²) < 4.78 is 0. The molecule has 0 aliphatic carbocycles. The van der Waals surface area contributed by atoms with Gasteiger partial charge in [-0.25, -0.2) is 0 Å². The minimum atomic E-state index is 0.0805. The summed E-state index contributed by atoms with van der Waals surface area (Å²) in [6, 6.07) is 0. The lowest BCUT2D eigenvalue weighted by Crippen LogP contribution is -2.19. The summed E-state index contributed by atoms with van der Waals surface area (Å²) in [5.74, 6) is 0. The van der Waals surface area contributed by atoms with Gasteiger partial charge in [0.1, 0.15) is 0 Å². The molecule has 0 fully saturated rings. The molecular weight excluding hydrogens is 101 g/mol. The molecule has 8 heavy (non-hydrogen) atoms. The Labute approximate surface area is 50.9 Å². The maximum atomic E-state index is 8.23. The van der Waals surface area contributed by atoms with Crippen LogP contribution in [0.3, 0.4) is 0 Å². The first-order valence-electron chi connectivity index (χ1n) is 2.84. The van der Waals surface area contributed by atoms with Crippen LogP contribution in [0.15, 0.2) is 12.7 Å². The fraction of sp³-hybridized carbons (Fsp3) is 0.600. The molecule has 0 aliphatic heterocycles. The van der Waals surface area contributed by atoms with Crippen LogP contribution in [0.5, 0.6) is 0 Å². The zero-order chi connectivity index (χ0) is 6.24. The zero-order valence-corrected chi connectivity index (χ0v) is 5.06. The minimum absolute atomic E-state index is 0.0805. The summed E-state index contributed by atoms with van der Waals surface area (Å²) in [6.07, 6.45) is 3.95. The molecule has 0 amide bonds. The average Bonchev–Trinajstić information content (AvgIpc) is 1.81. The fourth-order valence-corrected chi connectivity index (χ4v) is 0.450. The maximum Gasteiger partial charge on any atom is 0.358 e. The predicted octanol–water partition coefficient (Wildman–Crippen LogP) is -0.199. The molecule has 46 valence electrons. The van der Waals surface area contributed by atoms with Crippen molar-refractivity contribution in [2.75, 3.05) is 6.54 Å². The first-order chi connectivity index (χ1) is 3.91. The highest BCUT2D eigenvalue weighted by molar-refractivity contribution is 6.21. The molecule has 3 heteroatoms. The topological polar surface area (TPSA) is 32.3 Å². The van der Waals surface area contributed by atoms with Crippen LogP contribution in [-0.4, -0.2) is 19.2 Å². The van der Waals surface area contributed by atoms with Gasteiger partial charge in [-0.05, 0) is 19.4 Å². The van der Waals surface area contributed by atoms with Gasteiger partial charge in [0.15, 0.2) is 0 Å². The number of allylic oxidation sites excluding steroid dienone is 1. The van der Waals surface area contributed by atoms with Gasteiger partial charge in [-0.3, -0.25) is 0 Å². The Kier molecular flexibility index (Phi) is 6.49. The van der Waals surface area contributed by atoms with Crippen molar-refractivity contribution < 1.29 is 5.02 Å². The van der Waals surface area contributed by atoms with E-state index in [4.69, 9.17) is 5.02 Å². The van der Waals surface area contributed by atoms with Crippen LogP contribution < -0.4 is 5.23 Å². The van der Waals surface area contributed by atoms with Crippen LogP contribution in [0, 0.1) is 0 Å². The van der Waals surface area contributed by atoms with Crippen molar-refractivity contribution >= 4 is 7.62 Å². The second-order valence-corrected chi connectivity index (χ2v) is 1.59. The number of unbranched alkanes of at least 4 members (excludes halogenated alkanes) is 1. The molecule has 0 rings (SSSR count). The van der Waals surface area contributed by atoms with Crippen LogP contribution in [0.25, 0.3) is 0 Å². The molecule has 0 aromatic heterocycles. The maximum absolute atomic E-state index is 8.23. The molecule has 0 aliphatic rings. The van der Waals surface area contributed by atoms with Crippen LogP contribution in [0.4, 0.5) is 0 Å². The monoisotopic (exact) mass is 113 g/mol. The van der Waals surface area contributed by atoms with Gasteiger partial charge in [0, 0.05) is 0 Å². The molecule has 0 spiro atoms. The molecular formula is C5H12BNO. The largest absolute Gasteiger partial charge is 0.440 e. The fourth-order valence-electron chi connectivity index (χ4n) is 0.450. The molecule has 0 aromatic rings. The van der Waals surface area contributed by atoms with Gasteiger partial charge >= 0.3 is 7.62 Å². The lowest BCUT2D eigenvalue weighted by Gasteiger charge is -1.93. The van der Waals surface area contributed by atoms with Crippen LogP contribution >= 0.6 is 0 Å². The van der Waals surface area contributed by atoms with Gasteiger partial charge in [0.05, 0.1) is 0 Å². The molecule has 0 saturated heterocycles. The van der Waals surface area contributed by atoms with Gasteiger partial charge in [0.2, 0.25) is 0 Å². The van der Waals surface area contributed by atoms with E-state index in [2.05, 4.69) is 11.8 Å². The summed E-state index contributed by atoms with van der Waals surface area (Å²) in [5.41, 5.74) is 0. The van der Waals surface area contributed by atoms with Crippen molar-refractivity contribution in [3.63, 3.8) is 0 Å². The summed E-state index contributed by atoms with van der Waals surface area (Å²) in [4.78, 5) is 0. The highest BCUT2D eigenvalue weighted by Gasteiger charge is 1.82. The molecule has 0 heterocycles. The van der Waals surface area contributed by atoms with Crippen molar-refractivity contribution in [1.29, 1.82) is 0 Å². The van der Waals surface area contributed by atoms with Gasteiger partial charge in [-0.15, -0.1) is 6.58 Å². The highest BCUT2D eigenvalue weighted by Crippen LogP contribution is 1.84. The Morgan fingerprint density at radius 2 is 2.50 bits per heavy atom. The van der Waals surface area contributed by atoms with E-state index in [9.17, 15) is 0 Å². The Bertz CT molecular complexity index is 58.4. The third kappa shape index (κ3) is 5.72. The van der Waals surface area contributed by atoms with E-state index in [1.54, 1.807) is 0 Å². The van der Waals surface area contributed by atoms with Gasteiger partial charge in [-0.2, -0.15) is 0 Å². The van der Waals surface area contributed by atoms with Crippen molar-refractivity contribution in [2.45, 2.75) is 12.8 Å². The van der Waals surface area contributed by atoms with E-state index >= 15 is 0 Å². The van der Waals surface area contributed by atoms with Crippen molar-refractivity contribution in [2.24, 2.45) is 0 Å². The van der Waals surface area contributed by atoms with Crippen molar-refractivity contribution in [3.8, 4) is 0 Å².